The van der Waals surface area contributed by atoms with Crippen molar-refractivity contribution in [3.63, 3.8) is 0 Å². The van der Waals surface area contributed by atoms with Gasteiger partial charge in [-0.05, 0) is 26.0 Å². The Morgan fingerprint density at radius 1 is 1.25 bits per heavy atom. The van der Waals surface area contributed by atoms with Crippen LogP contribution >= 0.6 is 23.2 Å². The molecular formula is C18H18Cl2N2O6. The van der Waals surface area contributed by atoms with Gasteiger partial charge < -0.3 is 19.3 Å². The van der Waals surface area contributed by atoms with Crippen LogP contribution in [0.15, 0.2) is 18.2 Å². The maximum absolute atomic E-state index is 11.6. The Morgan fingerprint density at radius 2 is 1.89 bits per heavy atom. The van der Waals surface area contributed by atoms with Gasteiger partial charge in [0.15, 0.2) is 11.9 Å². The highest BCUT2D eigenvalue weighted by Crippen LogP contribution is 2.39. The molecule has 0 amide bonds. The van der Waals surface area contributed by atoms with E-state index in [2.05, 4.69) is 9.84 Å². The predicted octanol–water partition coefficient (Wildman–Crippen LogP) is 3.87. The molecule has 0 aliphatic carbocycles. The van der Waals surface area contributed by atoms with E-state index in [-0.39, 0.29) is 27.4 Å². The van der Waals surface area contributed by atoms with Gasteiger partial charge in [-0.2, -0.15) is 5.10 Å². The van der Waals surface area contributed by atoms with E-state index in [0.29, 0.717) is 11.3 Å². The van der Waals surface area contributed by atoms with E-state index in [9.17, 15) is 9.59 Å². The van der Waals surface area contributed by atoms with Gasteiger partial charge in [-0.3, -0.25) is 0 Å². The van der Waals surface area contributed by atoms with E-state index in [0.717, 1.165) is 6.08 Å². The number of aryl methyl sites for hydroxylation is 2. The molecule has 10 heteroatoms. The summed E-state index contributed by atoms with van der Waals surface area (Å²) in [6.45, 7) is 3.22. The van der Waals surface area contributed by atoms with Crippen molar-refractivity contribution in [3.05, 3.63) is 39.5 Å². The molecule has 8 nitrogen and oxygen atoms in total. The van der Waals surface area contributed by atoms with E-state index >= 15 is 0 Å². The second kappa shape index (κ2) is 8.99. The molecule has 0 bridgehead atoms. The summed E-state index contributed by atoms with van der Waals surface area (Å²) in [7, 11) is 2.89. The monoisotopic (exact) mass is 428 g/mol. The molecule has 1 heterocycles. The fourth-order valence-electron chi connectivity index (χ4n) is 2.31. The number of hydrogen-bond acceptors (Lipinski definition) is 6. The van der Waals surface area contributed by atoms with Crippen LogP contribution in [0, 0.1) is 6.92 Å². The summed E-state index contributed by atoms with van der Waals surface area (Å²) in [6.07, 6.45) is 1.46. The average Bonchev–Trinajstić information content (AvgIpc) is 2.89. The summed E-state index contributed by atoms with van der Waals surface area (Å²) >= 11 is 12.4. The summed E-state index contributed by atoms with van der Waals surface area (Å²) in [5.41, 5.74) is 1.04. The Hall–Kier alpha value is -2.71. The highest BCUT2D eigenvalue weighted by molar-refractivity contribution is 6.36. The number of carboxylic acids is 1. The predicted molar refractivity (Wildman–Crippen MR) is 103 cm³/mol. The maximum Gasteiger partial charge on any atom is 0.346 e. The molecule has 1 aromatic carbocycles. The van der Waals surface area contributed by atoms with Gasteiger partial charge >= 0.3 is 11.9 Å². The summed E-state index contributed by atoms with van der Waals surface area (Å²) < 4.78 is 17.4. The van der Waals surface area contributed by atoms with Gasteiger partial charge in [0.1, 0.15) is 5.75 Å². The molecule has 28 heavy (non-hydrogen) atoms. The Labute approximate surface area is 171 Å². The Kier molecular flexibility index (Phi) is 6.93. The molecule has 150 valence electrons. The number of methoxy groups -OCH3 is 1. The summed E-state index contributed by atoms with van der Waals surface area (Å²) in [4.78, 5) is 22.4. The first-order chi connectivity index (χ1) is 13.1. The van der Waals surface area contributed by atoms with Gasteiger partial charge in [-0.1, -0.05) is 23.2 Å². The van der Waals surface area contributed by atoms with Crippen LogP contribution in [0.4, 0.5) is 0 Å². The molecule has 0 radical (unpaired) electrons. The first-order valence-electron chi connectivity index (χ1n) is 8.00. The molecule has 0 saturated heterocycles. The van der Waals surface area contributed by atoms with E-state index in [4.69, 9.17) is 37.8 Å². The lowest BCUT2D eigenvalue weighted by atomic mass is 10.2. The number of aromatic nitrogens is 2. The number of rotatable bonds is 7. The molecule has 2 aromatic rings. The number of halogens is 2. The number of aliphatic carboxylic acids is 1. The van der Waals surface area contributed by atoms with Crippen LogP contribution in [-0.2, 0) is 21.4 Å². The second-order valence-electron chi connectivity index (χ2n) is 5.70. The van der Waals surface area contributed by atoms with Crippen molar-refractivity contribution >= 4 is 41.2 Å². The molecule has 0 aliphatic heterocycles. The van der Waals surface area contributed by atoms with Gasteiger partial charge in [0.25, 0.3) is 0 Å². The van der Waals surface area contributed by atoms with Crippen molar-refractivity contribution in [3.8, 4) is 17.4 Å². The van der Waals surface area contributed by atoms with E-state index in [1.165, 1.54) is 36.9 Å². The van der Waals surface area contributed by atoms with E-state index < -0.39 is 18.0 Å². The number of esters is 1. The van der Waals surface area contributed by atoms with Crippen LogP contribution in [0.3, 0.4) is 0 Å². The van der Waals surface area contributed by atoms with Crippen LogP contribution in [0.25, 0.3) is 6.08 Å². The third-order valence-electron chi connectivity index (χ3n) is 3.64. The highest BCUT2D eigenvalue weighted by Gasteiger charge is 2.20. The largest absolute Gasteiger partial charge is 0.478 e. The number of ether oxygens (including phenoxy) is 3. The number of nitrogens with zero attached hydrogens (tertiary/aromatic N) is 2. The van der Waals surface area contributed by atoms with E-state index in [1.54, 1.807) is 14.0 Å². The molecule has 1 N–H and O–H groups in total. The molecule has 1 atom stereocenters. The first-order valence-corrected chi connectivity index (χ1v) is 8.75. The van der Waals surface area contributed by atoms with Crippen molar-refractivity contribution in [1.82, 2.24) is 9.78 Å². The minimum absolute atomic E-state index is 0.167. The van der Waals surface area contributed by atoms with Crippen molar-refractivity contribution < 1.29 is 28.9 Å². The second-order valence-corrected chi connectivity index (χ2v) is 6.51. The zero-order chi connectivity index (χ0) is 21.0. The van der Waals surface area contributed by atoms with Crippen LogP contribution < -0.4 is 9.47 Å². The first kappa shape index (κ1) is 21.6. The van der Waals surface area contributed by atoms with Crippen LogP contribution in [-0.4, -0.2) is 40.0 Å². The fourth-order valence-corrected chi connectivity index (χ4v) is 2.77. The summed E-state index contributed by atoms with van der Waals surface area (Å²) in [6, 6.07) is 2.84. The number of carbonyl (C=O) groups excluding carboxylic acids is 1. The van der Waals surface area contributed by atoms with Gasteiger partial charge in [0.05, 0.1) is 28.4 Å². The van der Waals surface area contributed by atoms with Crippen molar-refractivity contribution in [2.75, 3.05) is 7.11 Å². The van der Waals surface area contributed by atoms with Crippen molar-refractivity contribution in [2.45, 2.75) is 20.0 Å². The Morgan fingerprint density at radius 3 is 2.50 bits per heavy atom. The normalized spacial score (nSPS) is 12.1. The van der Waals surface area contributed by atoms with Crippen LogP contribution in [0.2, 0.25) is 10.0 Å². The molecule has 0 aliphatic rings. The van der Waals surface area contributed by atoms with Gasteiger partial charge in [-0.25, -0.2) is 14.3 Å². The topological polar surface area (TPSA) is 99.9 Å². The lowest BCUT2D eigenvalue weighted by Crippen LogP contribution is -2.25. The third-order valence-corrected chi connectivity index (χ3v) is 4.23. The molecule has 2 rings (SSSR count). The number of benzene rings is 1. The standard InChI is InChI=1S/C18H18Cl2N2O6/c1-9-11(5-6-16(23)24)17(22(3)21-9)28-15-8-14(12(19)7-13(15)20)27-10(2)18(25)26-4/h5-8,10H,1-4H3,(H,23,24)/t10-/m0/s1. The highest BCUT2D eigenvalue weighted by atomic mass is 35.5. The van der Waals surface area contributed by atoms with Gasteiger partial charge in [-0.15, -0.1) is 0 Å². The van der Waals surface area contributed by atoms with E-state index in [1.807, 2.05) is 0 Å². The molecule has 0 unspecified atom stereocenters. The Bertz CT molecular complexity index is 939. The smallest absolute Gasteiger partial charge is 0.346 e. The van der Waals surface area contributed by atoms with Crippen molar-refractivity contribution in [2.24, 2.45) is 7.05 Å². The lowest BCUT2D eigenvalue weighted by molar-refractivity contribution is -0.147. The molecular weight excluding hydrogens is 411 g/mol. The minimum atomic E-state index is -1.11. The van der Waals surface area contributed by atoms with Crippen LogP contribution in [0.1, 0.15) is 18.2 Å². The zero-order valence-corrected chi connectivity index (χ0v) is 17.0. The number of hydrogen-bond donors (Lipinski definition) is 1. The minimum Gasteiger partial charge on any atom is -0.478 e. The fraction of sp³-hybridized carbons (Fsp3) is 0.278. The third kappa shape index (κ3) is 4.96. The quantitative estimate of drug-likeness (QED) is 0.527. The van der Waals surface area contributed by atoms with Gasteiger partial charge in [0, 0.05) is 19.2 Å². The average molecular weight is 429 g/mol. The molecule has 0 spiro atoms. The SMILES string of the molecule is COC(=O)[C@H](C)Oc1cc(Oc2c(C=CC(=O)O)c(C)nn2C)c(Cl)cc1Cl. The number of carbonyl (C=O) groups is 2. The van der Waals surface area contributed by atoms with Gasteiger partial charge in [0.2, 0.25) is 5.88 Å². The molecule has 0 saturated carbocycles. The summed E-state index contributed by atoms with van der Waals surface area (Å²) in [5.74, 6) is -1.05. The molecule has 1 aromatic heterocycles. The van der Waals surface area contributed by atoms with Crippen LogP contribution in [0.5, 0.6) is 17.4 Å². The number of carboxylic acid groups (broad SMARTS) is 1. The maximum atomic E-state index is 11.6. The summed E-state index contributed by atoms with van der Waals surface area (Å²) in [5, 5.41) is 13.5. The lowest BCUT2D eigenvalue weighted by Gasteiger charge is -2.16. The zero-order valence-electron chi connectivity index (χ0n) is 15.5. The van der Waals surface area contributed by atoms with Crippen molar-refractivity contribution in [1.29, 1.82) is 0 Å². The molecule has 0 fully saturated rings. The Balaban J connectivity index is 2.41.